The Morgan fingerprint density at radius 1 is 0.955 bits per heavy atom. The molecule has 0 radical (unpaired) electrons. The number of allylic oxidation sites excluding steroid dienone is 1. The fourth-order valence-corrected chi connectivity index (χ4v) is 3.58. The minimum atomic E-state index is 0.860. The van der Waals surface area contributed by atoms with E-state index in [9.17, 15) is 0 Å². The Labute approximate surface area is 128 Å². The average Bonchev–Trinajstić information content (AvgIpc) is 2.97. The van der Waals surface area contributed by atoms with Gasteiger partial charge in [0.15, 0.2) is 5.82 Å². The molecule has 0 unspecified atom stereocenters. The Hall–Kier alpha value is -2.81. The highest BCUT2D eigenvalue weighted by atomic mass is 15.1. The van der Waals surface area contributed by atoms with Gasteiger partial charge in [0.2, 0.25) is 0 Å². The zero-order valence-corrected chi connectivity index (χ0v) is 12.3. The van der Waals surface area contributed by atoms with E-state index in [0.717, 1.165) is 17.9 Å². The van der Waals surface area contributed by atoms with E-state index in [1.54, 1.807) is 0 Å². The molecule has 0 saturated carbocycles. The standard InChI is InChI=1S/C19H15N3/c1-21-16-10-4-2-7-13(16)14-8-6-12-22-17-11-5-3-9-15(17)20-19(22)18(14)21/h2-11H,12H2,1H3. The Morgan fingerprint density at radius 3 is 2.64 bits per heavy atom. The smallest absolute Gasteiger partial charge is 0.158 e. The van der Waals surface area contributed by atoms with Crippen molar-refractivity contribution in [1.82, 2.24) is 14.1 Å². The van der Waals surface area contributed by atoms with Crippen LogP contribution in [0, 0.1) is 0 Å². The summed E-state index contributed by atoms with van der Waals surface area (Å²) in [5, 5.41) is 1.29. The lowest BCUT2D eigenvalue weighted by atomic mass is 10.1. The molecule has 0 fully saturated rings. The summed E-state index contributed by atoms with van der Waals surface area (Å²) in [5.74, 6) is 1.06. The van der Waals surface area contributed by atoms with E-state index in [2.05, 4.69) is 70.8 Å². The first-order valence-electron chi connectivity index (χ1n) is 7.54. The van der Waals surface area contributed by atoms with Crippen molar-refractivity contribution in [3.05, 3.63) is 60.2 Å². The number of fused-ring (bicyclic) bond motifs is 7. The molecule has 0 aliphatic carbocycles. The molecule has 0 amide bonds. The predicted octanol–water partition coefficient (Wildman–Crippen LogP) is 4.22. The van der Waals surface area contributed by atoms with Crippen molar-refractivity contribution in [2.75, 3.05) is 0 Å². The first-order chi connectivity index (χ1) is 10.8. The zero-order chi connectivity index (χ0) is 14.7. The van der Waals surface area contributed by atoms with E-state index < -0.39 is 0 Å². The van der Waals surface area contributed by atoms with Crippen LogP contribution in [-0.4, -0.2) is 14.1 Å². The number of aryl methyl sites for hydroxylation is 1. The summed E-state index contributed by atoms with van der Waals surface area (Å²) in [6.45, 7) is 0.860. The second-order valence-electron chi connectivity index (χ2n) is 5.78. The Kier molecular flexibility index (Phi) is 2.20. The summed E-state index contributed by atoms with van der Waals surface area (Å²) < 4.78 is 4.56. The predicted molar refractivity (Wildman–Crippen MR) is 90.7 cm³/mol. The van der Waals surface area contributed by atoms with Crippen molar-refractivity contribution in [1.29, 1.82) is 0 Å². The molecule has 1 aliphatic rings. The summed E-state index contributed by atoms with van der Waals surface area (Å²) in [4.78, 5) is 4.91. The van der Waals surface area contributed by atoms with Gasteiger partial charge in [-0.2, -0.15) is 0 Å². The van der Waals surface area contributed by atoms with E-state index in [1.807, 2.05) is 6.07 Å². The maximum Gasteiger partial charge on any atom is 0.158 e. The number of nitrogens with zero attached hydrogens (tertiary/aromatic N) is 3. The molecule has 0 atom stereocenters. The average molecular weight is 285 g/mol. The lowest BCUT2D eigenvalue weighted by Crippen LogP contribution is -2.01. The largest absolute Gasteiger partial charge is 0.341 e. The molecule has 0 saturated heterocycles. The molecule has 3 heteroatoms. The monoisotopic (exact) mass is 285 g/mol. The molecular weight excluding hydrogens is 270 g/mol. The number of para-hydroxylation sites is 3. The van der Waals surface area contributed by atoms with Crippen molar-refractivity contribution >= 4 is 28.0 Å². The zero-order valence-electron chi connectivity index (χ0n) is 12.3. The lowest BCUT2D eigenvalue weighted by molar-refractivity contribution is 0.847. The van der Waals surface area contributed by atoms with Gasteiger partial charge in [-0.25, -0.2) is 4.98 Å². The third-order valence-corrected chi connectivity index (χ3v) is 4.58. The van der Waals surface area contributed by atoms with Crippen LogP contribution in [0.5, 0.6) is 0 Å². The number of aromatic nitrogens is 3. The van der Waals surface area contributed by atoms with Crippen molar-refractivity contribution in [3.8, 4) is 11.5 Å². The fourth-order valence-electron chi connectivity index (χ4n) is 3.58. The van der Waals surface area contributed by atoms with Crippen molar-refractivity contribution in [2.45, 2.75) is 6.54 Å². The number of benzene rings is 2. The molecule has 0 N–H and O–H groups in total. The topological polar surface area (TPSA) is 22.8 Å². The van der Waals surface area contributed by atoms with E-state index in [4.69, 9.17) is 4.98 Å². The molecule has 22 heavy (non-hydrogen) atoms. The van der Waals surface area contributed by atoms with Crippen LogP contribution >= 0.6 is 0 Å². The van der Waals surface area contributed by atoms with Crippen LogP contribution in [0.15, 0.2) is 54.6 Å². The quantitative estimate of drug-likeness (QED) is 0.474. The van der Waals surface area contributed by atoms with Gasteiger partial charge in [0, 0.05) is 30.1 Å². The van der Waals surface area contributed by atoms with Crippen LogP contribution in [0.4, 0.5) is 0 Å². The summed E-state index contributed by atoms with van der Waals surface area (Å²) in [5.41, 5.74) is 5.97. The third-order valence-electron chi connectivity index (χ3n) is 4.58. The first-order valence-corrected chi connectivity index (χ1v) is 7.54. The SMILES string of the molecule is Cn1c2c(c3ccccc31)C=CCn1c-2nc2ccccc21. The molecule has 3 nitrogen and oxygen atoms in total. The van der Waals surface area contributed by atoms with Gasteiger partial charge in [0.05, 0.1) is 16.7 Å². The van der Waals surface area contributed by atoms with Gasteiger partial charge in [-0.15, -0.1) is 0 Å². The Bertz CT molecular complexity index is 1060. The normalized spacial score (nSPS) is 13.3. The highest BCUT2D eigenvalue weighted by Crippen LogP contribution is 2.36. The highest BCUT2D eigenvalue weighted by Gasteiger charge is 2.22. The third kappa shape index (κ3) is 1.38. The molecule has 106 valence electrons. The lowest BCUT2D eigenvalue weighted by Gasteiger charge is -2.07. The molecule has 2 aromatic carbocycles. The van der Waals surface area contributed by atoms with Gasteiger partial charge in [-0.05, 0) is 18.2 Å². The molecule has 0 spiro atoms. The van der Waals surface area contributed by atoms with Gasteiger partial charge in [0.1, 0.15) is 0 Å². The summed E-state index contributed by atoms with van der Waals surface area (Å²) in [6, 6.07) is 16.9. The van der Waals surface area contributed by atoms with Crippen LogP contribution in [-0.2, 0) is 13.6 Å². The Balaban J connectivity index is 1.98. The maximum absolute atomic E-state index is 4.91. The minimum absolute atomic E-state index is 0.860. The van der Waals surface area contributed by atoms with Crippen molar-refractivity contribution in [2.24, 2.45) is 7.05 Å². The molecule has 3 heterocycles. The van der Waals surface area contributed by atoms with Gasteiger partial charge < -0.3 is 9.13 Å². The van der Waals surface area contributed by atoms with Crippen molar-refractivity contribution < 1.29 is 0 Å². The van der Waals surface area contributed by atoms with Gasteiger partial charge in [-0.1, -0.05) is 42.5 Å². The van der Waals surface area contributed by atoms with Gasteiger partial charge in [-0.3, -0.25) is 0 Å². The summed E-state index contributed by atoms with van der Waals surface area (Å²) in [7, 11) is 2.13. The fraction of sp³-hybridized carbons (Fsp3) is 0.105. The Morgan fingerprint density at radius 2 is 1.73 bits per heavy atom. The van der Waals surface area contributed by atoms with Crippen molar-refractivity contribution in [3.63, 3.8) is 0 Å². The van der Waals surface area contributed by atoms with Crippen LogP contribution in [0.2, 0.25) is 0 Å². The highest BCUT2D eigenvalue weighted by molar-refractivity contribution is 5.98. The molecule has 2 aromatic heterocycles. The van der Waals surface area contributed by atoms with E-state index in [1.165, 1.54) is 27.7 Å². The summed E-state index contributed by atoms with van der Waals surface area (Å²) in [6.07, 6.45) is 4.47. The summed E-state index contributed by atoms with van der Waals surface area (Å²) >= 11 is 0. The molecular formula is C19H15N3. The maximum atomic E-state index is 4.91. The molecule has 1 aliphatic heterocycles. The van der Waals surface area contributed by atoms with Crippen LogP contribution in [0.1, 0.15) is 5.56 Å². The van der Waals surface area contributed by atoms with Gasteiger partial charge in [0.25, 0.3) is 0 Å². The number of hydrogen-bond acceptors (Lipinski definition) is 1. The molecule has 5 rings (SSSR count). The van der Waals surface area contributed by atoms with E-state index in [0.29, 0.717) is 0 Å². The van der Waals surface area contributed by atoms with Crippen LogP contribution < -0.4 is 0 Å². The molecule has 0 bridgehead atoms. The van der Waals surface area contributed by atoms with Gasteiger partial charge >= 0.3 is 0 Å². The van der Waals surface area contributed by atoms with Crippen LogP contribution in [0.3, 0.4) is 0 Å². The molecule has 4 aromatic rings. The van der Waals surface area contributed by atoms with E-state index >= 15 is 0 Å². The number of hydrogen-bond donors (Lipinski definition) is 0. The number of imidazole rings is 1. The number of rotatable bonds is 0. The van der Waals surface area contributed by atoms with Crippen LogP contribution in [0.25, 0.3) is 39.5 Å². The first kappa shape index (κ1) is 11.8. The minimum Gasteiger partial charge on any atom is -0.341 e. The van der Waals surface area contributed by atoms with E-state index in [-0.39, 0.29) is 0 Å². The second kappa shape index (κ2) is 4.10. The second-order valence-corrected chi connectivity index (χ2v) is 5.78.